The summed E-state index contributed by atoms with van der Waals surface area (Å²) in [5.41, 5.74) is 4.01. The highest BCUT2D eigenvalue weighted by Gasteiger charge is 2.15. The Labute approximate surface area is 209 Å². The lowest BCUT2D eigenvalue weighted by Gasteiger charge is -2.15. The molecule has 0 saturated heterocycles. The molecule has 0 aliphatic carbocycles. The van der Waals surface area contributed by atoms with Crippen molar-refractivity contribution in [1.29, 1.82) is 5.26 Å². The molecule has 0 saturated carbocycles. The lowest BCUT2D eigenvalue weighted by molar-refractivity contribution is -0.112. The molecule has 7 heteroatoms. The van der Waals surface area contributed by atoms with Crippen LogP contribution >= 0.6 is 23.2 Å². The normalized spacial score (nSPS) is 11.0. The van der Waals surface area contributed by atoms with Crippen LogP contribution in [0.25, 0.3) is 6.08 Å². The van der Waals surface area contributed by atoms with Gasteiger partial charge in [-0.15, -0.1) is 0 Å². The van der Waals surface area contributed by atoms with E-state index in [0.29, 0.717) is 22.0 Å². The standard InChI is InChI=1S/C27H24Cl2N2O3/c1-17-7-9-23(10-8-17)31-27(32)21(16-30)13-20-14-22(28)15-24(29)26(20)34-12-11-33-25-18(2)5-4-6-19(25)3/h4-10,13-15H,11-12H2,1-3H3,(H,31,32). The van der Waals surface area contributed by atoms with E-state index in [-0.39, 0.29) is 23.8 Å². The summed E-state index contributed by atoms with van der Waals surface area (Å²) in [6.07, 6.45) is 1.41. The molecule has 0 bridgehead atoms. The number of rotatable bonds is 8. The first kappa shape index (κ1) is 25.2. The van der Waals surface area contributed by atoms with Crippen molar-refractivity contribution in [3.63, 3.8) is 0 Å². The van der Waals surface area contributed by atoms with E-state index in [1.165, 1.54) is 6.08 Å². The Morgan fingerprint density at radius 2 is 1.59 bits per heavy atom. The van der Waals surface area contributed by atoms with Crippen LogP contribution in [0.15, 0.2) is 60.2 Å². The zero-order valence-electron chi connectivity index (χ0n) is 19.1. The van der Waals surface area contributed by atoms with Crippen LogP contribution in [0.1, 0.15) is 22.3 Å². The molecule has 0 aromatic heterocycles. The highest BCUT2D eigenvalue weighted by molar-refractivity contribution is 6.36. The van der Waals surface area contributed by atoms with Crippen molar-refractivity contribution in [3.05, 3.63) is 92.5 Å². The maximum Gasteiger partial charge on any atom is 0.266 e. The largest absolute Gasteiger partial charge is 0.489 e. The Hall–Kier alpha value is -3.46. The topological polar surface area (TPSA) is 71.4 Å². The fourth-order valence-corrected chi connectivity index (χ4v) is 3.86. The van der Waals surface area contributed by atoms with Crippen molar-refractivity contribution < 1.29 is 14.3 Å². The second-order valence-electron chi connectivity index (χ2n) is 7.71. The Bertz CT molecular complexity index is 1240. The molecule has 0 unspecified atom stereocenters. The summed E-state index contributed by atoms with van der Waals surface area (Å²) < 4.78 is 11.8. The molecule has 0 spiro atoms. The van der Waals surface area contributed by atoms with Crippen LogP contribution in [0, 0.1) is 32.1 Å². The molecule has 0 aliphatic rings. The Morgan fingerprint density at radius 1 is 0.971 bits per heavy atom. The minimum Gasteiger partial charge on any atom is -0.489 e. The van der Waals surface area contributed by atoms with Crippen molar-refractivity contribution in [1.82, 2.24) is 0 Å². The quantitative estimate of drug-likeness (QED) is 0.209. The van der Waals surface area contributed by atoms with E-state index >= 15 is 0 Å². The van der Waals surface area contributed by atoms with Crippen LogP contribution in [0.4, 0.5) is 5.69 Å². The number of hydrogen-bond donors (Lipinski definition) is 1. The van der Waals surface area contributed by atoms with Gasteiger partial charge in [-0.1, -0.05) is 59.1 Å². The number of para-hydroxylation sites is 1. The average molecular weight is 495 g/mol. The molecular weight excluding hydrogens is 471 g/mol. The van der Waals surface area contributed by atoms with Gasteiger partial charge in [0.05, 0.1) is 5.02 Å². The predicted molar refractivity (Wildman–Crippen MR) is 137 cm³/mol. The predicted octanol–water partition coefficient (Wildman–Crippen LogP) is 6.92. The van der Waals surface area contributed by atoms with Gasteiger partial charge in [-0.05, 0) is 62.2 Å². The number of benzene rings is 3. The molecule has 3 aromatic rings. The zero-order chi connectivity index (χ0) is 24.7. The van der Waals surface area contributed by atoms with Gasteiger partial charge < -0.3 is 14.8 Å². The number of carbonyl (C=O) groups is 1. The molecular formula is C27H24Cl2N2O3. The number of amides is 1. The number of nitrogens with zero attached hydrogens (tertiary/aromatic N) is 1. The van der Waals surface area contributed by atoms with Crippen molar-refractivity contribution in [2.45, 2.75) is 20.8 Å². The van der Waals surface area contributed by atoms with Gasteiger partial charge in [-0.2, -0.15) is 5.26 Å². The summed E-state index contributed by atoms with van der Waals surface area (Å²) in [4.78, 5) is 12.7. The number of aryl methyl sites for hydroxylation is 3. The van der Waals surface area contributed by atoms with Gasteiger partial charge in [0.1, 0.15) is 36.4 Å². The van der Waals surface area contributed by atoms with Crippen LogP contribution in [0.2, 0.25) is 10.0 Å². The van der Waals surface area contributed by atoms with E-state index in [1.807, 2.05) is 57.2 Å². The molecule has 5 nitrogen and oxygen atoms in total. The fraction of sp³-hybridized carbons (Fsp3) is 0.185. The van der Waals surface area contributed by atoms with Crippen LogP contribution in [-0.2, 0) is 4.79 Å². The first-order valence-corrected chi connectivity index (χ1v) is 11.3. The number of halogens is 2. The van der Waals surface area contributed by atoms with Gasteiger partial charge in [-0.25, -0.2) is 0 Å². The van der Waals surface area contributed by atoms with Crippen LogP contribution in [-0.4, -0.2) is 19.1 Å². The number of nitrogens with one attached hydrogen (secondary N) is 1. The van der Waals surface area contributed by atoms with Gasteiger partial charge in [0.15, 0.2) is 0 Å². The molecule has 0 atom stereocenters. The number of hydrogen-bond acceptors (Lipinski definition) is 4. The monoisotopic (exact) mass is 494 g/mol. The zero-order valence-corrected chi connectivity index (χ0v) is 20.6. The lowest BCUT2D eigenvalue weighted by Crippen LogP contribution is -2.14. The SMILES string of the molecule is Cc1ccc(NC(=O)C(C#N)=Cc2cc(Cl)cc(Cl)c2OCCOc2c(C)cccc2C)cc1. The third-order valence-corrected chi connectivity index (χ3v) is 5.50. The maximum atomic E-state index is 12.7. The molecule has 3 rings (SSSR count). The van der Waals surface area contributed by atoms with E-state index in [2.05, 4.69) is 5.32 Å². The molecule has 0 radical (unpaired) electrons. The van der Waals surface area contributed by atoms with Gasteiger partial charge in [0, 0.05) is 16.3 Å². The molecule has 1 amide bonds. The first-order chi connectivity index (χ1) is 16.3. The van der Waals surface area contributed by atoms with Crippen molar-refractivity contribution in [2.75, 3.05) is 18.5 Å². The average Bonchev–Trinajstić information content (AvgIpc) is 2.79. The summed E-state index contributed by atoms with van der Waals surface area (Å²) in [6, 6.07) is 18.3. The highest BCUT2D eigenvalue weighted by atomic mass is 35.5. The lowest BCUT2D eigenvalue weighted by atomic mass is 10.1. The maximum absolute atomic E-state index is 12.7. The summed E-state index contributed by atoms with van der Waals surface area (Å²) >= 11 is 12.5. The summed E-state index contributed by atoms with van der Waals surface area (Å²) in [7, 11) is 0. The third kappa shape index (κ3) is 6.54. The van der Waals surface area contributed by atoms with E-state index < -0.39 is 5.91 Å². The third-order valence-electron chi connectivity index (χ3n) is 5.00. The fourth-order valence-electron chi connectivity index (χ4n) is 3.29. The minimum absolute atomic E-state index is 0.115. The molecule has 1 N–H and O–H groups in total. The number of ether oxygens (including phenoxy) is 2. The Kier molecular flexibility index (Phi) is 8.59. The number of anilines is 1. The molecule has 0 heterocycles. The van der Waals surface area contributed by atoms with Gasteiger partial charge in [0.25, 0.3) is 5.91 Å². The summed E-state index contributed by atoms with van der Waals surface area (Å²) in [5, 5.41) is 12.9. The van der Waals surface area contributed by atoms with E-state index in [9.17, 15) is 10.1 Å². The molecule has 174 valence electrons. The minimum atomic E-state index is -0.549. The van der Waals surface area contributed by atoms with E-state index in [1.54, 1.807) is 24.3 Å². The molecule has 34 heavy (non-hydrogen) atoms. The van der Waals surface area contributed by atoms with Gasteiger partial charge >= 0.3 is 0 Å². The molecule has 0 aliphatic heterocycles. The van der Waals surface area contributed by atoms with Gasteiger partial charge in [0.2, 0.25) is 0 Å². The van der Waals surface area contributed by atoms with Gasteiger partial charge in [-0.3, -0.25) is 4.79 Å². The van der Waals surface area contributed by atoms with Crippen LogP contribution in [0.3, 0.4) is 0 Å². The molecule has 3 aromatic carbocycles. The first-order valence-electron chi connectivity index (χ1n) is 10.6. The number of nitriles is 1. The Balaban J connectivity index is 1.76. The highest BCUT2D eigenvalue weighted by Crippen LogP contribution is 2.34. The van der Waals surface area contributed by atoms with E-state index in [0.717, 1.165) is 22.4 Å². The van der Waals surface area contributed by atoms with Crippen molar-refractivity contribution in [3.8, 4) is 17.6 Å². The Morgan fingerprint density at radius 3 is 2.21 bits per heavy atom. The van der Waals surface area contributed by atoms with Crippen LogP contribution in [0.5, 0.6) is 11.5 Å². The van der Waals surface area contributed by atoms with Crippen molar-refractivity contribution in [2.24, 2.45) is 0 Å². The smallest absolute Gasteiger partial charge is 0.266 e. The van der Waals surface area contributed by atoms with Crippen molar-refractivity contribution >= 4 is 40.9 Å². The summed E-state index contributed by atoms with van der Waals surface area (Å²) in [6.45, 7) is 6.39. The van der Waals surface area contributed by atoms with Crippen LogP contribution < -0.4 is 14.8 Å². The summed E-state index contributed by atoms with van der Waals surface area (Å²) in [5.74, 6) is 0.576. The molecule has 0 fully saturated rings. The number of carbonyl (C=O) groups excluding carboxylic acids is 1. The second kappa shape index (κ2) is 11.6. The van der Waals surface area contributed by atoms with E-state index in [4.69, 9.17) is 32.7 Å². The second-order valence-corrected chi connectivity index (χ2v) is 8.56.